The summed E-state index contributed by atoms with van der Waals surface area (Å²) in [5, 5.41) is 0.598. The Labute approximate surface area is 111 Å². The molecule has 1 aromatic heterocycles. The summed E-state index contributed by atoms with van der Waals surface area (Å²) in [4.78, 5) is 5.14. The number of nitrogens with two attached hydrogens (primary N) is 1. The van der Waals surface area contributed by atoms with E-state index < -0.39 is 11.6 Å². The summed E-state index contributed by atoms with van der Waals surface area (Å²) in [5.41, 5.74) is 6.90. The Balaban J connectivity index is 2.12. The van der Waals surface area contributed by atoms with Crippen LogP contribution in [-0.2, 0) is 6.42 Å². The van der Waals surface area contributed by atoms with Gasteiger partial charge in [-0.25, -0.2) is 13.8 Å². The maximum absolute atomic E-state index is 13.9. The molecule has 1 aliphatic rings. The van der Waals surface area contributed by atoms with Crippen LogP contribution < -0.4 is 5.73 Å². The lowest BCUT2D eigenvalue weighted by molar-refractivity contribution is 0.564. The molecule has 2 nitrogen and oxygen atoms in total. The SMILES string of the molecule is Nc1nc2c(s1)C(c1c(F)cc(F)cc1Cl)CC2. The largest absolute Gasteiger partial charge is 0.375 e. The van der Waals surface area contributed by atoms with E-state index in [1.165, 1.54) is 11.3 Å². The molecule has 3 rings (SSSR count). The Hall–Kier alpha value is -1.20. The summed E-state index contributed by atoms with van der Waals surface area (Å²) in [6, 6.07) is 2.01. The van der Waals surface area contributed by atoms with Crippen molar-refractivity contribution >= 4 is 28.1 Å². The lowest BCUT2D eigenvalue weighted by Crippen LogP contribution is -2.00. The summed E-state index contributed by atoms with van der Waals surface area (Å²) in [6.45, 7) is 0. The number of nitrogens with zero attached hydrogens (tertiary/aromatic N) is 1. The fourth-order valence-electron chi connectivity index (χ4n) is 2.41. The second-order valence-corrected chi connectivity index (χ2v) is 5.71. The molecular formula is C12H9ClF2N2S. The number of aryl methyl sites for hydroxylation is 1. The maximum Gasteiger partial charge on any atom is 0.180 e. The van der Waals surface area contributed by atoms with Crippen LogP contribution in [0.4, 0.5) is 13.9 Å². The maximum atomic E-state index is 13.9. The van der Waals surface area contributed by atoms with E-state index in [1.54, 1.807) is 0 Å². The van der Waals surface area contributed by atoms with Gasteiger partial charge in [0.15, 0.2) is 5.13 Å². The number of anilines is 1. The number of aromatic nitrogens is 1. The Morgan fingerprint density at radius 2 is 2.17 bits per heavy atom. The van der Waals surface area contributed by atoms with Crippen LogP contribution in [0.3, 0.4) is 0 Å². The monoisotopic (exact) mass is 286 g/mol. The van der Waals surface area contributed by atoms with Gasteiger partial charge in [-0.1, -0.05) is 11.6 Å². The summed E-state index contributed by atoms with van der Waals surface area (Å²) in [6.07, 6.45) is 1.48. The van der Waals surface area contributed by atoms with Crippen molar-refractivity contribution in [3.8, 4) is 0 Å². The summed E-state index contributed by atoms with van der Waals surface area (Å²) >= 11 is 7.31. The second kappa shape index (κ2) is 4.17. The van der Waals surface area contributed by atoms with Gasteiger partial charge in [0.25, 0.3) is 0 Å². The zero-order valence-electron chi connectivity index (χ0n) is 9.21. The molecule has 1 aromatic carbocycles. The lowest BCUT2D eigenvalue weighted by atomic mass is 9.97. The summed E-state index contributed by atoms with van der Waals surface area (Å²) < 4.78 is 26.9. The van der Waals surface area contributed by atoms with E-state index in [-0.39, 0.29) is 10.9 Å². The van der Waals surface area contributed by atoms with Crippen molar-refractivity contribution in [1.29, 1.82) is 0 Å². The molecule has 1 heterocycles. The van der Waals surface area contributed by atoms with Crippen molar-refractivity contribution in [2.45, 2.75) is 18.8 Å². The third-order valence-electron chi connectivity index (χ3n) is 3.12. The zero-order chi connectivity index (χ0) is 12.9. The zero-order valence-corrected chi connectivity index (χ0v) is 10.8. The quantitative estimate of drug-likeness (QED) is 0.867. The molecule has 0 amide bonds. The molecule has 1 aliphatic carbocycles. The number of nitrogen functional groups attached to an aromatic ring is 1. The Morgan fingerprint density at radius 1 is 1.39 bits per heavy atom. The minimum Gasteiger partial charge on any atom is -0.375 e. The minimum absolute atomic E-state index is 0.123. The smallest absolute Gasteiger partial charge is 0.180 e. The van der Waals surface area contributed by atoms with Crippen LogP contribution >= 0.6 is 22.9 Å². The van der Waals surface area contributed by atoms with Crippen molar-refractivity contribution in [2.24, 2.45) is 0 Å². The fraction of sp³-hybridized carbons (Fsp3) is 0.250. The van der Waals surface area contributed by atoms with Gasteiger partial charge in [-0.3, -0.25) is 0 Å². The number of thiazole rings is 1. The van der Waals surface area contributed by atoms with E-state index >= 15 is 0 Å². The van der Waals surface area contributed by atoms with Crippen LogP contribution in [0.15, 0.2) is 12.1 Å². The van der Waals surface area contributed by atoms with Crippen molar-refractivity contribution in [3.05, 3.63) is 44.9 Å². The highest BCUT2D eigenvalue weighted by molar-refractivity contribution is 7.15. The van der Waals surface area contributed by atoms with Crippen LogP contribution in [-0.4, -0.2) is 4.98 Å². The van der Waals surface area contributed by atoms with E-state index in [0.717, 1.165) is 35.5 Å². The highest BCUT2D eigenvalue weighted by atomic mass is 35.5. The minimum atomic E-state index is -0.664. The van der Waals surface area contributed by atoms with E-state index in [9.17, 15) is 8.78 Å². The fourth-order valence-corrected chi connectivity index (χ4v) is 3.76. The van der Waals surface area contributed by atoms with Crippen LogP contribution in [0.1, 0.15) is 28.5 Å². The van der Waals surface area contributed by atoms with Gasteiger partial charge in [0, 0.05) is 22.4 Å². The number of hydrogen-bond donors (Lipinski definition) is 1. The van der Waals surface area contributed by atoms with Crippen molar-refractivity contribution < 1.29 is 8.78 Å². The van der Waals surface area contributed by atoms with Crippen molar-refractivity contribution in [1.82, 2.24) is 4.98 Å². The number of halogens is 3. The predicted octanol–water partition coefficient (Wildman–Crippen LogP) is 3.74. The van der Waals surface area contributed by atoms with Crippen LogP contribution in [0, 0.1) is 11.6 Å². The summed E-state index contributed by atoms with van der Waals surface area (Å²) in [5.74, 6) is -1.43. The molecule has 0 saturated carbocycles. The van der Waals surface area contributed by atoms with E-state index in [4.69, 9.17) is 17.3 Å². The average Bonchev–Trinajstić information content (AvgIpc) is 2.77. The Bertz CT molecular complexity index is 604. The third kappa shape index (κ3) is 1.78. The van der Waals surface area contributed by atoms with Gasteiger partial charge in [-0.2, -0.15) is 0 Å². The standard InChI is InChI=1S/C12H9ClF2N2S/c13-7-3-5(14)4-8(15)10(7)6-1-2-9-11(6)18-12(16)17-9/h3-4,6H,1-2H2,(H2,16,17). The molecule has 0 fully saturated rings. The molecule has 2 N–H and O–H groups in total. The van der Waals surface area contributed by atoms with Gasteiger partial charge in [-0.15, -0.1) is 11.3 Å². The van der Waals surface area contributed by atoms with Gasteiger partial charge in [0.1, 0.15) is 11.6 Å². The highest BCUT2D eigenvalue weighted by Crippen LogP contribution is 2.45. The Morgan fingerprint density at radius 3 is 2.89 bits per heavy atom. The molecule has 0 bridgehead atoms. The van der Waals surface area contributed by atoms with Gasteiger partial charge in [0.05, 0.1) is 10.7 Å². The average molecular weight is 287 g/mol. The van der Waals surface area contributed by atoms with Gasteiger partial charge in [0.2, 0.25) is 0 Å². The van der Waals surface area contributed by atoms with E-state index in [1.807, 2.05) is 0 Å². The molecule has 94 valence electrons. The molecule has 0 aliphatic heterocycles. The molecule has 6 heteroatoms. The molecule has 0 spiro atoms. The Kier molecular flexibility index (Phi) is 2.75. The second-order valence-electron chi connectivity index (χ2n) is 4.24. The van der Waals surface area contributed by atoms with Crippen molar-refractivity contribution in [3.63, 3.8) is 0 Å². The first kappa shape index (κ1) is 11.9. The first-order valence-corrected chi connectivity index (χ1v) is 6.65. The molecule has 18 heavy (non-hydrogen) atoms. The van der Waals surface area contributed by atoms with Crippen LogP contribution in [0.2, 0.25) is 5.02 Å². The third-order valence-corrected chi connectivity index (χ3v) is 4.48. The first-order valence-electron chi connectivity index (χ1n) is 5.45. The lowest BCUT2D eigenvalue weighted by Gasteiger charge is -2.13. The normalized spacial score (nSPS) is 18.1. The first-order chi connectivity index (χ1) is 8.56. The number of hydrogen-bond acceptors (Lipinski definition) is 3. The van der Waals surface area contributed by atoms with E-state index in [2.05, 4.69) is 4.98 Å². The molecule has 1 unspecified atom stereocenters. The van der Waals surface area contributed by atoms with Gasteiger partial charge in [-0.05, 0) is 18.9 Å². The van der Waals surface area contributed by atoms with E-state index in [0.29, 0.717) is 10.7 Å². The number of benzene rings is 1. The highest BCUT2D eigenvalue weighted by Gasteiger charge is 2.31. The number of fused-ring (bicyclic) bond motifs is 1. The number of rotatable bonds is 1. The molecule has 1 atom stereocenters. The van der Waals surface area contributed by atoms with Crippen molar-refractivity contribution in [2.75, 3.05) is 5.73 Å². The molecular weight excluding hydrogens is 278 g/mol. The van der Waals surface area contributed by atoms with Crippen LogP contribution in [0.5, 0.6) is 0 Å². The van der Waals surface area contributed by atoms with Crippen LogP contribution in [0.25, 0.3) is 0 Å². The summed E-state index contributed by atoms with van der Waals surface area (Å²) in [7, 11) is 0. The molecule has 0 saturated heterocycles. The molecule has 2 aromatic rings. The van der Waals surface area contributed by atoms with Gasteiger partial charge >= 0.3 is 0 Å². The topological polar surface area (TPSA) is 38.9 Å². The van der Waals surface area contributed by atoms with Gasteiger partial charge < -0.3 is 5.73 Å². The predicted molar refractivity (Wildman–Crippen MR) is 68.1 cm³/mol. The molecule has 0 radical (unpaired) electrons.